The molecule has 0 aliphatic heterocycles. The molecule has 4 aromatic rings. The van der Waals surface area contributed by atoms with Crippen molar-refractivity contribution in [2.45, 2.75) is 6.42 Å². The van der Waals surface area contributed by atoms with Gasteiger partial charge in [-0.3, -0.25) is 14.5 Å². The summed E-state index contributed by atoms with van der Waals surface area (Å²) in [6.07, 6.45) is 4.28. The predicted octanol–water partition coefficient (Wildman–Crippen LogP) is 5.28. The van der Waals surface area contributed by atoms with Crippen LogP contribution in [0.1, 0.15) is 16.7 Å². The SMILES string of the molecule is Cn1cc(-c2ccc(NC(=O)/C(=N/CCc3ccc(C#N)cc3)c3ccccc3)cc2Cl)cn1. The molecule has 168 valence electrons. The molecule has 6 nitrogen and oxygen atoms in total. The molecule has 0 spiro atoms. The molecule has 34 heavy (non-hydrogen) atoms. The number of nitrogens with one attached hydrogen (secondary N) is 1. The number of carbonyl (C=O) groups excluding carboxylic acids is 1. The van der Waals surface area contributed by atoms with Crippen molar-refractivity contribution in [1.82, 2.24) is 9.78 Å². The van der Waals surface area contributed by atoms with Gasteiger partial charge in [0.15, 0.2) is 0 Å². The maximum Gasteiger partial charge on any atom is 0.274 e. The zero-order chi connectivity index (χ0) is 23.9. The van der Waals surface area contributed by atoms with Crippen LogP contribution in [0.15, 0.2) is 90.2 Å². The first kappa shape index (κ1) is 23.0. The maximum absolute atomic E-state index is 13.2. The van der Waals surface area contributed by atoms with Crippen LogP contribution in [-0.2, 0) is 18.3 Å². The summed E-state index contributed by atoms with van der Waals surface area (Å²) in [5, 5.41) is 16.6. The first-order chi connectivity index (χ1) is 16.5. The highest BCUT2D eigenvalue weighted by atomic mass is 35.5. The number of aromatic nitrogens is 2. The van der Waals surface area contributed by atoms with Crippen molar-refractivity contribution in [2.75, 3.05) is 11.9 Å². The Balaban J connectivity index is 1.52. The molecular formula is C27H22ClN5O. The van der Waals surface area contributed by atoms with Gasteiger partial charge in [-0.25, -0.2) is 0 Å². The van der Waals surface area contributed by atoms with E-state index in [9.17, 15) is 4.79 Å². The second-order valence-electron chi connectivity index (χ2n) is 7.71. The second kappa shape index (κ2) is 10.6. The molecule has 0 radical (unpaired) electrons. The van der Waals surface area contributed by atoms with Gasteiger partial charge < -0.3 is 5.32 Å². The molecule has 1 heterocycles. The van der Waals surface area contributed by atoms with Gasteiger partial charge in [-0.05, 0) is 36.2 Å². The molecule has 4 rings (SSSR count). The third-order valence-electron chi connectivity index (χ3n) is 5.26. The first-order valence-corrected chi connectivity index (χ1v) is 11.1. The monoisotopic (exact) mass is 467 g/mol. The Bertz CT molecular complexity index is 1370. The van der Waals surface area contributed by atoms with Gasteiger partial charge in [0.1, 0.15) is 5.71 Å². The van der Waals surface area contributed by atoms with Crippen LogP contribution in [-0.4, -0.2) is 27.9 Å². The summed E-state index contributed by atoms with van der Waals surface area (Å²) in [6, 6.07) is 24.2. The van der Waals surface area contributed by atoms with E-state index in [0.29, 0.717) is 35.0 Å². The number of nitrogens with zero attached hydrogens (tertiary/aromatic N) is 4. The summed E-state index contributed by atoms with van der Waals surface area (Å²) in [4.78, 5) is 17.8. The molecule has 0 aliphatic carbocycles. The standard InChI is InChI=1S/C27H22ClN5O/c1-33-18-22(17-31-33)24-12-11-23(15-25(24)28)32-27(34)26(21-5-3-2-4-6-21)30-14-13-19-7-9-20(16-29)10-8-19/h2-12,15,17-18H,13-14H2,1H3,(H,32,34)/b30-26+. The lowest BCUT2D eigenvalue weighted by molar-refractivity contribution is -0.110. The number of anilines is 1. The molecule has 0 atom stereocenters. The number of rotatable bonds is 7. The van der Waals surface area contributed by atoms with Gasteiger partial charge in [-0.1, -0.05) is 60.1 Å². The number of aryl methyl sites for hydroxylation is 1. The summed E-state index contributed by atoms with van der Waals surface area (Å²) >= 11 is 6.49. The quantitative estimate of drug-likeness (QED) is 0.375. The minimum absolute atomic E-state index is 0.309. The van der Waals surface area contributed by atoms with E-state index < -0.39 is 0 Å². The molecule has 0 fully saturated rings. The minimum Gasteiger partial charge on any atom is -0.321 e. The molecule has 0 saturated heterocycles. The maximum atomic E-state index is 13.2. The summed E-state index contributed by atoms with van der Waals surface area (Å²) in [5.41, 5.74) is 5.07. The molecule has 1 N–H and O–H groups in total. The van der Waals surface area contributed by atoms with Crippen LogP contribution in [0, 0.1) is 11.3 Å². The lowest BCUT2D eigenvalue weighted by atomic mass is 10.1. The Labute approximate surface area is 203 Å². The lowest BCUT2D eigenvalue weighted by Gasteiger charge is -2.11. The fourth-order valence-electron chi connectivity index (χ4n) is 3.51. The van der Waals surface area contributed by atoms with Crippen LogP contribution < -0.4 is 5.32 Å². The van der Waals surface area contributed by atoms with Crippen molar-refractivity contribution in [1.29, 1.82) is 5.26 Å². The number of hydrogen-bond acceptors (Lipinski definition) is 4. The van der Waals surface area contributed by atoms with Crippen LogP contribution in [0.5, 0.6) is 0 Å². The number of halogens is 1. The van der Waals surface area contributed by atoms with Crippen LogP contribution in [0.3, 0.4) is 0 Å². The second-order valence-corrected chi connectivity index (χ2v) is 8.11. The number of aliphatic imine (C=N–C) groups is 1. The molecule has 0 saturated carbocycles. The van der Waals surface area contributed by atoms with Crippen molar-refractivity contribution < 1.29 is 4.79 Å². The fourth-order valence-corrected chi connectivity index (χ4v) is 3.80. The van der Waals surface area contributed by atoms with E-state index in [4.69, 9.17) is 16.9 Å². The van der Waals surface area contributed by atoms with Gasteiger partial charge in [-0.2, -0.15) is 10.4 Å². The summed E-state index contributed by atoms with van der Waals surface area (Å²) in [7, 11) is 1.85. The normalized spacial score (nSPS) is 11.1. The number of nitriles is 1. The molecular weight excluding hydrogens is 446 g/mol. The van der Waals surface area contributed by atoms with E-state index in [0.717, 1.165) is 22.3 Å². The zero-order valence-electron chi connectivity index (χ0n) is 18.6. The van der Waals surface area contributed by atoms with Crippen molar-refractivity contribution in [2.24, 2.45) is 12.0 Å². The topological polar surface area (TPSA) is 83.1 Å². The van der Waals surface area contributed by atoms with Crippen molar-refractivity contribution in [3.8, 4) is 17.2 Å². The average Bonchev–Trinajstić information content (AvgIpc) is 3.28. The smallest absolute Gasteiger partial charge is 0.274 e. The zero-order valence-corrected chi connectivity index (χ0v) is 19.3. The highest BCUT2D eigenvalue weighted by Gasteiger charge is 2.15. The lowest BCUT2D eigenvalue weighted by Crippen LogP contribution is -2.24. The van der Waals surface area contributed by atoms with Crippen LogP contribution in [0.25, 0.3) is 11.1 Å². The van der Waals surface area contributed by atoms with Crippen molar-refractivity contribution in [3.63, 3.8) is 0 Å². The van der Waals surface area contributed by atoms with Crippen LogP contribution in [0.2, 0.25) is 5.02 Å². The molecule has 3 aromatic carbocycles. The third kappa shape index (κ3) is 5.58. The summed E-state index contributed by atoms with van der Waals surface area (Å²) in [6.45, 7) is 0.435. The number of benzene rings is 3. The molecule has 0 unspecified atom stereocenters. The summed E-state index contributed by atoms with van der Waals surface area (Å²) < 4.78 is 1.71. The first-order valence-electron chi connectivity index (χ1n) is 10.7. The highest BCUT2D eigenvalue weighted by molar-refractivity contribution is 6.49. The number of hydrogen-bond donors (Lipinski definition) is 1. The van der Waals surface area contributed by atoms with Gasteiger partial charge in [0.05, 0.1) is 22.9 Å². The minimum atomic E-state index is -0.309. The molecule has 0 bridgehead atoms. The van der Waals surface area contributed by atoms with Gasteiger partial charge in [0, 0.05) is 42.2 Å². The largest absolute Gasteiger partial charge is 0.321 e. The number of amides is 1. The Kier molecular flexibility index (Phi) is 7.16. The molecule has 0 aliphatic rings. The van der Waals surface area contributed by atoms with Gasteiger partial charge in [-0.15, -0.1) is 0 Å². The highest BCUT2D eigenvalue weighted by Crippen LogP contribution is 2.30. The van der Waals surface area contributed by atoms with E-state index in [-0.39, 0.29) is 5.91 Å². The number of carbonyl (C=O) groups is 1. The van der Waals surface area contributed by atoms with Crippen molar-refractivity contribution in [3.05, 3.63) is 107 Å². The fraction of sp³-hybridized carbons (Fsp3) is 0.111. The van der Waals surface area contributed by atoms with Gasteiger partial charge in [0.2, 0.25) is 0 Å². The Morgan fingerprint density at radius 2 is 1.88 bits per heavy atom. The molecule has 7 heteroatoms. The van der Waals surface area contributed by atoms with E-state index in [2.05, 4.69) is 21.5 Å². The van der Waals surface area contributed by atoms with Crippen LogP contribution in [0.4, 0.5) is 5.69 Å². The van der Waals surface area contributed by atoms with E-state index in [1.54, 1.807) is 29.1 Å². The third-order valence-corrected chi connectivity index (χ3v) is 5.57. The van der Waals surface area contributed by atoms with Gasteiger partial charge in [0.25, 0.3) is 5.91 Å². The molecule has 1 aromatic heterocycles. The summed E-state index contributed by atoms with van der Waals surface area (Å²) in [5.74, 6) is -0.309. The van der Waals surface area contributed by atoms with E-state index in [1.165, 1.54) is 0 Å². The van der Waals surface area contributed by atoms with E-state index in [1.807, 2.05) is 67.8 Å². The average molecular weight is 468 g/mol. The Hall–Kier alpha value is -4.21. The van der Waals surface area contributed by atoms with Crippen molar-refractivity contribution >= 4 is 28.9 Å². The van der Waals surface area contributed by atoms with Crippen LogP contribution >= 0.6 is 11.6 Å². The Morgan fingerprint density at radius 1 is 1.12 bits per heavy atom. The molecule has 1 amide bonds. The predicted molar refractivity (Wildman–Crippen MR) is 135 cm³/mol. The Morgan fingerprint density at radius 3 is 2.53 bits per heavy atom. The van der Waals surface area contributed by atoms with E-state index >= 15 is 0 Å². The van der Waals surface area contributed by atoms with Gasteiger partial charge >= 0.3 is 0 Å².